The van der Waals surface area contributed by atoms with Crippen molar-refractivity contribution in [2.45, 2.75) is 19.0 Å². The van der Waals surface area contributed by atoms with E-state index < -0.39 is 0 Å². The number of fused-ring (bicyclic) bond motifs is 1. The molecule has 25 heavy (non-hydrogen) atoms. The summed E-state index contributed by atoms with van der Waals surface area (Å²) >= 11 is 0. The van der Waals surface area contributed by atoms with E-state index in [9.17, 15) is 4.79 Å². The lowest BCUT2D eigenvalue weighted by atomic mass is 10.1. The van der Waals surface area contributed by atoms with Crippen LogP contribution in [0.3, 0.4) is 0 Å². The Kier molecular flexibility index (Phi) is 5.90. The van der Waals surface area contributed by atoms with Crippen molar-refractivity contribution in [1.82, 2.24) is 5.32 Å². The van der Waals surface area contributed by atoms with Crippen LogP contribution in [0.2, 0.25) is 0 Å². The molecule has 1 atom stereocenters. The van der Waals surface area contributed by atoms with Gasteiger partial charge in [-0.2, -0.15) is 0 Å². The van der Waals surface area contributed by atoms with E-state index in [1.54, 1.807) is 7.11 Å². The Bertz CT molecular complexity index is 690. The predicted octanol–water partition coefficient (Wildman–Crippen LogP) is 2.61. The first-order valence-corrected chi connectivity index (χ1v) is 8.56. The minimum absolute atomic E-state index is 0.00217. The molecule has 0 radical (unpaired) electrons. The Balaban J connectivity index is 1.75. The molecule has 1 aliphatic heterocycles. The minimum Gasteiger partial charge on any atom is -0.489 e. The van der Waals surface area contributed by atoms with Crippen molar-refractivity contribution in [2.24, 2.45) is 0 Å². The van der Waals surface area contributed by atoms with Gasteiger partial charge in [-0.3, -0.25) is 4.79 Å². The van der Waals surface area contributed by atoms with Crippen molar-refractivity contribution in [3.05, 3.63) is 60.2 Å². The van der Waals surface area contributed by atoms with E-state index in [4.69, 9.17) is 9.47 Å². The molecule has 1 aliphatic rings. The molecule has 2 aromatic rings. The van der Waals surface area contributed by atoms with Crippen LogP contribution in [0.4, 0.5) is 5.69 Å². The van der Waals surface area contributed by atoms with E-state index >= 15 is 0 Å². The van der Waals surface area contributed by atoms with Gasteiger partial charge in [0.25, 0.3) is 0 Å². The molecule has 0 bridgehead atoms. The fraction of sp³-hybridized carbons (Fsp3) is 0.350. The molecule has 1 unspecified atom stereocenters. The summed E-state index contributed by atoms with van der Waals surface area (Å²) in [6.07, 6.45) is 0.394. The molecule has 1 heterocycles. The summed E-state index contributed by atoms with van der Waals surface area (Å²) in [5.41, 5.74) is 2.25. The molecule has 5 nitrogen and oxygen atoms in total. The average Bonchev–Trinajstić information content (AvgIpc) is 2.65. The second kappa shape index (κ2) is 8.53. The Morgan fingerprint density at radius 1 is 1.20 bits per heavy atom. The predicted molar refractivity (Wildman–Crippen MR) is 97.9 cm³/mol. The van der Waals surface area contributed by atoms with Crippen LogP contribution in [0, 0.1) is 0 Å². The molecule has 0 spiro atoms. The van der Waals surface area contributed by atoms with Crippen LogP contribution in [0.1, 0.15) is 12.0 Å². The van der Waals surface area contributed by atoms with Gasteiger partial charge in [-0.05, 0) is 17.7 Å². The number of methoxy groups -OCH3 is 1. The van der Waals surface area contributed by atoms with Gasteiger partial charge in [0.2, 0.25) is 5.91 Å². The number of carbonyl (C=O) groups is 1. The van der Waals surface area contributed by atoms with E-state index in [2.05, 4.69) is 22.3 Å². The van der Waals surface area contributed by atoms with Crippen LogP contribution in [0.25, 0.3) is 0 Å². The van der Waals surface area contributed by atoms with E-state index in [0.29, 0.717) is 26.2 Å². The fourth-order valence-corrected chi connectivity index (χ4v) is 3.03. The number of para-hydroxylation sites is 2. The summed E-state index contributed by atoms with van der Waals surface area (Å²) in [5, 5.41) is 2.89. The molecule has 5 heteroatoms. The molecular formula is C20H24N2O3. The molecule has 0 aliphatic carbocycles. The molecule has 2 aromatic carbocycles. The van der Waals surface area contributed by atoms with Crippen LogP contribution in [0.15, 0.2) is 54.6 Å². The number of hydrogen-bond donors (Lipinski definition) is 1. The van der Waals surface area contributed by atoms with E-state index in [-0.39, 0.29) is 11.9 Å². The van der Waals surface area contributed by atoms with Crippen molar-refractivity contribution in [1.29, 1.82) is 0 Å². The van der Waals surface area contributed by atoms with Crippen LogP contribution >= 0.6 is 0 Å². The molecule has 0 aromatic heterocycles. The van der Waals surface area contributed by atoms with E-state index in [0.717, 1.165) is 18.0 Å². The highest BCUT2D eigenvalue weighted by molar-refractivity contribution is 5.77. The van der Waals surface area contributed by atoms with Gasteiger partial charge in [-0.15, -0.1) is 0 Å². The first-order valence-electron chi connectivity index (χ1n) is 8.56. The van der Waals surface area contributed by atoms with Gasteiger partial charge in [0.1, 0.15) is 12.4 Å². The van der Waals surface area contributed by atoms with Gasteiger partial charge < -0.3 is 19.7 Å². The number of rotatable bonds is 7. The minimum atomic E-state index is -0.00217. The van der Waals surface area contributed by atoms with Gasteiger partial charge in [0, 0.05) is 20.2 Å². The van der Waals surface area contributed by atoms with Gasteiger partial charge in [-0.25, -0.2) is 0 Å². The Hall–Kier alpha value is -2.53. The normalized spacial score (nSPS) is 16.0. The lowest BCUT2D eigenvalue weighted by Crippen LogP contribution is -2.45. The quantitative estimate of drug-likeness (QED) is 0.787. The molecule has 132 valence electrons. The standard InChI is InChI=1S/C20H24N2O3/c1-24-12-11-21-20(23)13-17-15-25-19-10-6-5-9-18(19)22(17)14-16-7-3-2-4-8-16/h2-10,17H,11-15H2,1H3,(H,21,23). The number of anilines is 1. The largest absolute Gasteiger partial charge is 0.489 e. The average molecular weight is 340 g/mol. The topological polar surface area (TPSA) is 50.8 Å². The number of benzene rings is 2. The van der Waals surface area contributed by atoms with Gasteiger partial charge in [-0.1, -0.05) is 42.5 Å². The first kappa shape index (κ1) is 17.3. The van der Waals surface area contributed by atoms with Gasteiger partial charge in [0.05, 0.1) is 24.8 Å². The van der Waals surface area contributed by atoms with Crippen LogP contribution in [0.5, 0.6) is 5.75 Å². The second-order valence-corrected chi connectivity index (χ2v) is 6.09. The zero-order chi connectivity index (χ0) is 17.5. The molecule has 0 fully saturated rings. The summed E-state index contributed by atoms with van der Waals surface area (Å²) < 4.78 is 10.9. The molecule has 3 rings (SSSR count). The second-order valence-electron chi connectivity index (χ2n) is 6.09. The summed E-state index contributed by atoms with van der Waals surface area (Å²) in [4.78, 5) is 14.5. The highest BCUT2D eigenvalue weighted by Gasteiger charge is 2.29. The Morgan fingerprint density at radius 2 is 1.96 bits per heavy atom. The third kappa shape index (κ3) is 4.51. The number of carbonyl (C=O) groups excluding carboxylic acids is 1. The third-order valence-electron chi connectivity index (χ3n) is 4.29. The Morgan fingerprint density at radius 3 is 2.76 bits per heavy atom. The maximum Gasteiger partial charge on any atom is 0.222 e. The summed E-state index contributed by atoms with van der Waals surface area (Å²) in [5.74, 6) is 0.887. The highest BCUT2D eigenvalue weighted by Crippen LogP contribution is 2.35. The fourth-order valence-electron chi connectivity index (χ4n) is 3.03. The van der Waals surface area contributed by atoms with Crippen LogP contribution in [-0.2, 0) is 16.1 Å². The monoisotopic (exact) mass is 340 g/mol. The van der Waals surface area contributed by atoms with Gasteiger partial charge >= 0.3 is 0 Å². The highest BCUT2D eigenvalue weighted by atomic mass is 16.5. The summed E-state index contributed by atoms with van der Waals surface area (Å²) in [6, 6.07) is 18.3. The lowest BCUT2D eigenvalue weighted by molar-refractivity contribution is -0.121. The third-order valence-corrected chi connectivity index (χ3v) is 4.29. The zero-order valence-electron chi connectivity index (χ0n) is 14.5. The van der Waals surface area contributed by atoms with Crippen molar-refractivity contribution < 1.29 is 14.3 Å². The van der Waals surface area contributed by atoms with Crippen molar-refractivity contribution in [3.63, 3.8) is 0 Å². The zero-order valence-corrected chi connectivity index (χ0v) is 14.5. The maximum absolute atomic E-state index is 12.2. The first-order chi connectivity index (χ1) is 12.3. The van der Waals surface area contributed by atoms with Crippen LogP contribution in [-0.4, -0.2) is 38.8 Å². The van der Waals surface area contributed by atoms with Crippen LogP contribution < -0.4 is 15.0 Å². The Labute approximate surface area is 148 Å². The van der Waals surface area contributed by atoms with Gasteiger partial charge in [0.15, 0.2) is 0 Å². The molecular weight excluding hydrogens is 316 g/mol. The number of ether oxygens (including phenoxy) is 2. The number of hydrogen-bond acceptors (Lipinski definition) is 4. The van der Waals surface area contributed by atoms with Crippen molar-refractivity contribution in [3.8, 4) is 5.75 Å². The number of nitrogens with zero attached hydrogens (tertiary/aromatic N) is 1. The number of amides is 1. The van der Waals surface area contributed by atoms with Crippen molar-refractivity contribution in [2.75, 3.05) is 31.8 Å². The molecule has 0 saturated heterocycles. The van der Waals surface area contributed by atoms with E-state index in [1.165, 1.54) is 5.56 Å². The smallest absolute Gasteiger partial charge is 0.222 e. The molecule has 0 saturated carbocycles. The molecule has 1 amide bonds. The lowest BCUT2D eigenvalue weighted by Gasteiger charge is -2.38. The molecule has 1 N–H and O–H groups in total. The summed E-state index contributed by atoms with van der Waals surface area (Å²) in [6.45, 7) is 2.29. The van der Waals surface area contributed by atoms with E-state index in [1.807, 2.05) is 42.5 Å². The van der Waals surface area contributed by atoms with Crippen molar-refractivity contribution >= 4 is 11.6 Å². The summed E-state index contributed by atoms with van der Waals surface area (Å²) in [7, 11) is 1.62. The maximum atomic E-state index is 12.2. The SMILES string of the molecule is COCCNC(=O)CC1COc2ccccc2N1Cc1ccccc1. The number of nitrogens with one attached hydrogen (secondary N) is 1.